The summed E-state index contributed by atoms with van der Waals surface area (Å²) in [4.78, 5) is 146. The van der Waals surface area contributed by atoms with Crippen molar-refractivity contribution in [1.82, 2.24) is 52.5 Å². The summed E-state index contributed by atoms with van der Waals surface area (Å²) in [5.41, 5.74) is 6.79. The van der Waals surface area contributed by atoms with Gasteiger partial charge >= 0.3 is 17.9 Å². The van der Waals surface area contributed by atoms with E-state index in [-0.39, 0.29) is 12.8 Å². The van der Waals surface area contributed by atoms with Crippen LogP contribution in [0.3, 0.4) is 0 Å². The topological polar surface area (TPSA) is 480 Å². The van der Waals surface area contributed by atoms with Gasteiger partial charge in [-0.25, -0.2) is 9.78 Å². The SMILES string of the molecule is C[C@@H](O)[C@H](NC(=O)CNC(=O)[C@H](CCC(=O)O)NC(=O)[C@H](CO)NC(=O)[C@@H](N)Cc1cnc[nH]1)C(=O)N[C@@H](Cc1ccccc1)C(=O)N[C@H](C(=O)N[C@@H](CO)C(=O)N[C@@H](CC(=O)O)C(=O)O)[C@@H](C)O. The van der Waals surface area contributed by atoms with Gasteiger partial charge in [-0.05, 0) is 25.8 Å². The molecule has 1 aromatic heterocycles. The smallest absolute Gasteiger partial charge is 0.326 e. The zero-order valence-electron chi connectivity index (χ0n) is 37.1. The van der Waals surface area contributed by atoms with E-state index in [1.165, 1.54) is 12.5 Å². The molecule has 0 fully saturated rings. The Labute approximate surface area is 391 Å². The molecule has 0 aliphatic heterocycles. The lowest BCUT2D eigenvalue weighted by atomic mass is 10.0. The van der Waals surface area contributed by atoms with Crippen LogP contribution in [0.25, 0.3) is 0 Å². The molecule has 29 heteroatoms. The number of aliphatic hydroxyl groups excluding tert-OH is 4. The number of aromatic nitrogens is 2. The van der Waals surface area contributed by atoms with Crippen LogP contribution in [0.1, 0.15) is 44.4 Å². The second kappa shape index (κ2) is 28.5. The average Bonchev–Trinajstić information content (AvgIpc) is 3.80. The molecule has 0 saturated heterocycles. The summed E-state index contributed by atoms with van der Waals surface area (Å²) < 4.78 is 0. The Kier molecular flexibility index (Phi) is 23.8. The van der Waals surface area contributed by atoms with E-state index < -0.39 is 165 Å². The molecule has 29 nitrogen and oxygen atoms in total. The first-order valence-corrected chi connectivity index (χ1v) is 20.9. The second-order valence-corrected chi connectivity index (χ2v) is 15.3. The molecule has 69 heavy (non-hydrogen) atoms. The number of nitrogens with one attached hydrogen (secondary N) is 9. The summed E-state index contributed by atoms with van der Waals surface area (Å²) in [6.07, 6.45) is -3.30. The van der Waals surface area contributed by atoms with Crippen LogP contribution in [0.2, 0.25) is 0 Å². The molecule has 18 N–H and O–H groups in total. The van der Waals surface area contributed by atoms with Crippen molar-refractivity contribution in [3.63, 3.8) is 0 Å². The molecule has 0 aliphatic carbocycles. The zero-order valence-corrected chi connectivity index (χ0v) is 37.1. The molecule has 380 valence electrons. The number of aliphatic hydroxyl groups is 4. The number of carbonyl (C=O) groups is 11. The van der Waals surface area contributed by atoms with Crippen molar-refractivity contribution in [2.45, 2.75) is 106 Å². The summed E-state index contributed by atoms with van der Waals surface area (Å²) in [5.74, 6) is -14.0. The Hall–Kier alpha value is -7.60. The Morgan fingerprint density at radius 3 is 1.61 bits per heavy atom. The van der Waals surface area contributed by atoms with Crippen molar-refractivity contribution in [1.29, 1.82) is 0 Å². The summed E-state index contributed by atoms with van der Waals surface area (Å²) in [6.45, 7) is -0.947. The normalized spacial score (nSPS) is 15.3. The van der Waals surface area contributed by atoms with Gasteiger partial charge in [0.15, 0.2) is 0 Å². The average molecular weight is 980 g/mol. The van der Waals surface area contributed by atoms with Crippen LogP contribution in [0.15, 0.2) is 42.9 Å². The van der Waals surface area contributed by atoms with Gasteiger partial charge < -0.3 is 89.0 Å². The monoisotopic (exact) mass is 979 g/mol. The van der Waals surface area contributed by atoms with Crippen LogP contribution in [0.5, 0.6) is 0 Å². The van der Waals surface area contributed by atoms with Gasteiger partial charge in [-0.1, -0.05) is 30.3 Å². The summed E-state index contributed by atoms with van der Waals surface area (Å²) in [5, 5.41) is 85.2. The number of hydrogen-bond donors (Lipinski definition) is 17. The second-order valence-electron chi connectivity index (χ2n) is 15.3. The third kappa shape index (κ3) is 20.0. The summed E-state index contributed by atoms with van der Waals surface area (Å²) in [7, 11) is 0. The van der Waals surface area contributed by atoms with Crippen LogP contribution < -0.4 is 48.3 Å². The highest BCUT2D eigenvalue weighted by molar-refractivity contribution is 5.98. The molecule has 0 unspecified atom stereocenters. The highest BCUT2D eigenvalue weighted by Gasteiger charge is 2.36. The zero-order chi connectivity index (χ0) is 52.0. The molecule has 0 spiro atoms. The number of nitrogens with two attached hydrogens (primary N) is 1. The van der Waals surface area contributed by atoms with Crippen molar-refractivity contribution >= 4 is 65.2 Å². The molecule has 8 amide bonds. The Morgan fingerprint density at radius 1 is 0.609 bits per heavy atom. The van der Waals surface area contributed by atoms with Crippen LogP contribution in [0, 0.1) is 0 Å². The Morgan fingerprint density at radius 2 is 1.12 bits per heavy atom. The minimum atomic E-state index is -1.97. The van der Waals surface area contributed by atoms with Gasteiger partial charge in [0.2, 0.25) is 47.3 Å². The lowest BCUT2D eigenvalue weighted by molar-refractivity contribution is -0.147. The Balaban J connectivity index is 2.20. The highest BCUT2D eigenvalue weighted by Crippen LogP contribution is 2.08. The predicted molar refractivity (Wildman–Crippen MR) is 231 cm³/mol. The third-order valence-electron chi connectivity index (χ3n) is 9.72. The first-order valence-electron chi connectivity index (χ1n) is 20.9. The minimum absolute atomic E-state index is 0.0256. The van der Waals surface area contributed by atoms with Gasteiger partial charge in [0.05, 0.1) is 50.8 Å². The number of H-pyrrole nitrogens is 1. The maximum absolute atomic E-state index is 13.8. The van der Waals surface area contributed by atoms with Crippen LogP contribution >= 0.6 is 0 Å². The van der Waals surface area contributed by atoms with Crippen molar-refractivity contribution in [3.8, 4) is 0 Å². The van der Waals surface area contributed by atoms with Crippen LogP contribution in [0.4, 0.5) is 0 Å². The van der Waals surface area contributed by atoms with Crippen LogP contribution in [-0.4, -0.2) is 191 Å². The van der Waals surface area contributed by atoms with Crippen molar-refractivity contribution < 1.29 is 88.5 Å². The maximum Gasteiger partial charge on any atom is 0.326 e. The number of carboxylic acids is 3. The highest BCUT2D eigenvalue weighted by atomic mass is 16.4. The van der Waals surface area contributed by atoms with Gasteiger partial charge in [-0.2, -0.15) is 0 Å². The lowest BCUT2D eigenvalue weighted by Gasteiger charge is -2.28. The summed E-state index contributed by atoms with van der Waals surface area (Å²) in [6, 6.07) is -5.93. The number of carbonyl (C=O) groups excluding carboxylic acids is 8. The van der Waals surface area contributed by atoms with Gasteiger partial charge in [0, 0.05) is 31.2 Å². The molecule has 2 rings (SSSR count). The number of carboxylic acid groups (broad SMARTS) is 3. The van der Waals surface area contributed by atoms with E-state index in [1.807, 2.05) is 10.6 Å². The van der Waals surface area contributed by atoms with Gasteiger partial charge in [-0.3, -0.25) is 47.9 Å². The number of hydrogen-bond acceptors (Lipinski definition) is 17. The molecular weight excluding hydrogens is 922 g/mol. The van der Waals surface area contributed by atoms with Crippen molar-refractivity contribution in [2.75, 3.05) is 19.8 Å². The first kappa shape index (κ1) is 57.5. The van der Waals surface area contributed by atoms with E-state index in [1.54, 1.807) is 30.3 Å². The number of rotatable bonds is 30. The molecule has 1 aromatic carbocycles. The molecule has 2 aromatic rings. The van der Waals surface area contributed by atoms with Crippen molar-refractivity contribution in [2.24, 2.45) is 5.73 Å². The van der Waals surface area contributed by atoms with E-state index in [0.29, 0.717) is 11.3 Å². The van der Waals surface area contributed by atoms with E-state index in [2.05, 4.69) is 41.9 Å². The first-order chi connectivity index (χ1) is 32.5. The van der Waals surface area contributed by atoms with Gasteiger partial charge in [0.25, 0.3) is 0 Å². The van der Waals surface area contributed by atoms with Crippen LogP contribution in [-0.2, 0) is 65.6 Å². The lowest BCUT2D eigenvalue weighted by Crippen LogP contribution is -2.62. The van der Waals surface area contributed by atoms with Gasteiger partial charge in [0.1, 0.15) is 42.3 Å². The molecule has 0 radical (unpaired) electrons. The fraction of sp³-hybridized carbons (Fsp3) is 0.500. The number of aromatic amines is 1. The standard InChI is InChI=1S/C40H57N11O18/c1-18(54)31(50-28(56)14-43-34(62)23(8-9-29(57)58)45-36(64)26(15-52)48-33(61)22(41)11-21-13-42-17-44-21)38(66)46-24(10-20-6-4-3-5-7-20)35(63)51-32(19(2)55)39(67)49-27(16-53)37(65)47-25(40(68)69)12-30(59)60/h3-7,13,17-19,22-27,31-32,52-55H,8-12,14-16,41H2,1-2H3,(H,42,44)(H,43,62)(H,45,64)(H,46,66)(H,47,65)(H,48,61)(H,49,67)(H,50,56)(H,51,63)(H,57,58)(H,59,60)(H,68,69)/t18-,19-,22+,23+,24+,25+,26+,27+,31+,32+/m1/s1. The predicted octanol–water partition coefficient (Wildman–Crippen LogP) is -7.80. The molecule has 10 atom stereocenters. The number of imidazole rings is 1. The summed E-state index contributed by atoms with van der Waals surface area (Å²) >= 11 is 0. The maximum atomic E-state index is 13.8. The molecule has 0 saturated carbocycles. The van der Waals surface area contributed by atoms with E-state index in [0.717, 1.165) is 13.8 Å². The third-order valence-corrected chi connectivity index (χ3v) is 9.72. The molecule has 1 heterocycles. The molecular formula is C40H57N11O18. The van der Waals surface area contributed by atoms with Gasteiger partial charge in [-0.15, -0.1) is 0 Å². The van der Waals surface area contributed by atoms with E-state index in [4.69, 9.17) is 10.8 Å². The largest absolute Gasteiger partial charge is 0.481 e. The number of amides is 8. The van der Waals surface area contributed by atoms with Crippen molar-refractivity contribution in [3.05, 3.63) is 54.1 Å². The van der Waals surface area contributed by atoms with E-state index in [9.17, 15) is 83.4 Å². The number of nitrogens with zero attached hydrogens (tertiary/aromatic N) is 1. The minimum Gasteiger partial charge on any atom is -0.481 e. The van der Waals surface area contributed by atoms with E-state index >= 15 is 0 Å². The molecule has 0 aliphatic rings. The number of benzene rings is 1. The fourth-order valence-corrected chi connectivity index (χ4v) is 6.01. The number of aliphatic carboxylic acids is 3. The molecule has 0 bridgehead atoms. The fourth-order valence-electron chi connectivity index (χ4n) is 6.01. The Bertz CT molecular complexity index is 2110. The quantitative estimate of drug-likeness (QED) is 0.0346.